The Morgan fingerprint density at radius 1 is 0.420 bits per heavy atom. The zero-order valence-electron chi connectivity index (χ0n) is 32.1. The van der Waals surface area contributed by atoms with Crippen molar-refractivity contribution in [2.45, 2.75) is 175 Å². The van der Waals surface area contributed by atoms with Crippen molar-refractivity contribution < 1.29 is 28.6 Å². The molecule has 0 aromatic rings. The lowest BCUT2D eigenvalue weighted by Crippen LogP contribution is -2.30. The van der Waals surface area contributed by atoms with Crippen LogP contribution < -0.4 is 0 Å². The van der Waals surface area contributed by atoms with Crippen molar-refractivity contribution in [3.63, 3.8) is 0 Å². The maximum Gasteiger partial charge on any atom is 0.306 e. The Labute approximate surface area is 306 Å². The highest BCUT2D eigenvalue weighted by Crippen LogP contribution is 2.11. The molecule has 0 aromatic carbocycles. The van der Waals surface area contributed by atoms with E-state index in [2.05, 4.69) is 93.7 Å². The van der Waals surface area contributed by atoms with E-state index in [4.69, 9.17) is 14.2 Å². The minimum absolute atomic E-state index is 0.113. The van der Waals surface area contributed by atoms with Crippen LogP contribution in [0.3, 0.4) is 0 Å². The van der Waals surface area contributed by atoms with Gasteiger partial charge in [-0.1, -0.05) is 132 Å². The third-order valence-corrected chi connectivity index (χ3v) is 7.93. The summed E-state index contributed by atoms with van der Waals surface area (Å²) in [6.07, 6.45) is 46.2. The Balaban J connectivity index is 4.52. The fourth-order valence-electron chi connectivity index (χ4n) is 4.97. The number of ether oxygens (including phenoxy) is 3. The van der Waals surface area contributed by atoms with Crippen LogP contribution in [0.5, 0.6) is 0 Å². The molecule has 0 spiro atoms. The highest BCUT2D eigenvalue weighted by Gasteiger charge is 2.19. The van der Waals surface area contributed by atoms with Gasteiger partial charge in [0.15, 0.2) is 6.10 Å². The van der Waals surface area contributed by atoms with Crippen molar-refractivity contribution in [3.8, 4) is 0 Å². The van der Waals surface area contributed by atoms with Gasteiger partial charge in [0.05, 0.1) is 0 Å². The molecule has 0 saturated heterocycles. The molecule has 50 heavy (non-hydrogen) atoms. The molecule has 284 valence electrons. The average Bonchev–Trinajstić information content (AvgIpc) is 3.11. The predicted molar refractivity (Wildman–Crippen MR) is 210 cm³/mol. The van der Waals surface area contributed by atoms with Gasteiger partial charge in [0.2, 0.25) is 0 Å². The van der Waals surface area contributed by atoms with Crippen molar-refractivity contribution in [3.05, 3.63) is 72.9 Å². The van der Waals surface area contributed by atoms with Gasteiger partial charge in [0, 0.05) is 19.3 Å². The number of carbonyl (C=O) groups excluding carboxylic acids is 3. The number of hydrogen-bond acceptors (Lipinski definition) is 6. The molecular formula is C44H72O6. The van der Waals surface area contributed by atoms with Crippen LogP contribution in [0.4, 0.5) is 0 Å². The Hall–Kier alpha value is -3.15. The van der Waals surface area contributed by atoms with Crippen LogP contribution in [-0.4, -0.2) is 37.2 Å². The molecular weight excluding hydrogens is 624 g/mol. The summed E-state index contributed by atoms with van der Waals surface area (Å²) in [4.78, 5) is 37.4. The molecule has 0 saturated carbocycles. The largest absolute Gasteiger partial charge is 0.462 e. The van der Waals surface area contributed by atoms with Crippen molar-refractivity contribution in [2.75, 3.05) is 13.2 Å². The van der Waals surface area contributed by atoms with Gasteiger partial charge in [-0.3, -0.25) is 14.4 Å². The van der Waals surface area contributed by atoms with E-state index in [0.29, 0.717) is 25.7 Å². The van der Waals surface area contributed by atoms with E-state index < -0.39 is 6.10 Å². The molecule has 0 aromatic heterocycles. The summed E-state index contributed by atoms with van der Waals surface area (Å²) in [7, 11) is 0. The minimum atomic E-state index is -0.814. The highest BCUT2D eigenvalue weighted by atomic mass is 16.6. The van der Waals surface area contributed by atoms with Gasteiger partial charge in [0.25, 0.3) is 0 Å². The van der Waals surface area contributed by atoms with Crippen molar-refractivity contribution in [1.82, 2.24) is 0 Å². The first-order valence-electron chi connectivity index (χ1n) is 19.9. The minimum Gasteiger partial charge on any atom is -0.462 e. The Morgan fingerprint density at radius 3 is 1.32 bits per heavy atom. The van der Waals surface area contributed by atoms with Gasteiger partial charge in [-0.25, -0.2) is 0 Å². The number of hydrogen-bond donors (Lipinski definition) is 0. The molecule has 0 aliphatic rings. The Kier molecular flexibility index (Phi) is 36.2. The fourth-order valence-corrected chi connectivity index (χ4v) is 4.97. The molecule has 1 atom stereocenters. The summed E-state index contributed by atoms with van der Waals surface area (Å²) >= 11 is 0. The van der Waals surface area contributed by atoms with Crippen LogP contribution >= 0.6 is 0 Å². The fraction of sp³-hybridized carbons (Fsp3) is 0.659. The number of esters is 3. The van der Waals surface area contributed by atoms with E-state index in [1.165, 1.54) is 25.7 Å². The van der Waals surface area contributed by atoms with Crippen LogP contribution in [0.25, 0.3) is 0 Å². The maximum atomic E-state index is 12.6. The topological polar surface area (TPSA) is 78.9 Å². The molecule has 0 rings (SSSR count). The van der Waals surface area contributed by atoms with E-state index in [1.54, 1.807) is 0 Å². The van der Waals surface area contributed by atoms with Gasteiger partial charge in [-0.05, 0) is 89.9 Å². The molecule has 6 heteroatoms. The van der Waals surface area contributed by atoms with E-state index >= 15 is 0 Å². The lowest BCUT2D eigenvalue weighted by molar-refractivity contribution is -0.167. The normalized spacial score (nSPS) is 12.8. The summed E-state index contributed by atoms with van der Waals surface area (Å²) in [5.74, 6) is -1.03. The first kappa shape index (κ1) is 46.9. The molecule has 0 aliphatic carbocycles. The smallest absolute Gasteiger partial charge is 0.306 e. The summed E-state index contributed by atoms with van der Waals surface area (Å²) in [6, 6.07) is 0. The van der Waals surface area contributed by atoms with Gasteiger partial charge in [-0.15, -0.1) is 0 Å². The average molecular weight is 697 g/mol. The summed E-state index contributed by atoms with van der Waals surface area (Å²) in [5.41, 5.74) is 0. The lowest BCUT2D eigenvalue weighted by atomic mass is 10.1. The van der Waals surface area contributed by atoms with Crippen LogP contribution in [-0.2, 0) is 28.6 Å². The zero-order chi connectivity index (χ0) is 36.6. The summed E-state index contributed by atoms with van der Waals surface area (Å²) < 4.78 is 16.5. The van der Waals surface area contributed by atoms with Crippen LogP contribution in [0.15, 0.2) is 72.9 Å². The van der Waals surface area contributed by atoms with Crippen molar-refractivity contribution in [1.29, 1.82) is 0 Å². The number of rotatable bonds is 34. The zero-order valence-corrected chi connectivity index (χ0v) is 32.1. The molecule has 0 radical (unpaired) electrons. The third-order valence-electron chi connectivity index (χ3n) is 7.93. The van der Waals surface area contributed by atoms with Crippen LogP contribution in [0.2, 0.25) is 0 Å². The highest BCUT2D eigenvalue weighted by molar-refractivity contribution is 5.71. The molecule has 0 fully saturated rings. The van der Waals surface area contributed by atoms with Crippen molar-refractivity contribution in [2.24, 2.45) is 0 Å². The van der Waals surface area contributed by atoms with Crippen LogP contribution in [0.1, 0.15) is 168 Å². The molecule has 0 N–H and O–H groups in total. The van der Waals surface area contributed by atoms with E-state index in [9.17, 15) is 14.4 Å². The second-order valence-electron chi connectivity index (χ2n) is 12.8. The SMILES string of the molecule is CC/C=C\C/C=C\C/C=C\CCCC(=O)OC(COC(=O)CCC/C=C\CCCCCC)COC(=O)CCCCCCC/C=C\C/C=C\CC. The third kappa shape index (κ3) is 36.1. The molecule has 6 nitrogen and oxygen atoms in total. The molecule has 1 unspecified atom stereocenters. The number of carbonyl (C=O) groups is 3. The Bertz CT molecular complexity index is 986. The summed E-state index contributed by atoms with van der Waals surface area (Å²) in [6.45, 7) is 6.24. The summed E-state index contributed by atoms with van der Waals surface area (Å²) in [5, 5.41) is 0. The molecule has 0 heterocycles. The molecule has 0 bridgehead atoms. The van der Waals surface area contributed by atoms with E-state index in [0.717, 1.165) is 89.9 Å². The number of allylic oxidation sites excluding steroid dienone is 12. The van der Waals surface area contributed by atoms with Crippen molar-refractivity contribution >= 4 is 17.9 Å². The van der Waals surface area contributed by atoms with Gasteiger partial charge >= 0.3 is 17.9 Å². The quantitative estimate of drug-likeness (QED) is 0.0288. The first-order valence-corrected chi connectivity index (χ1v) is 19.9. The molecule has 0 aliphatic heterocycles. The van der Waals surface area contributed by atoms with Gasteiger partial charge < -0.3 is 14.2 Å². The predicted octanol–water partition coefficient (Wildman–Crippen LogP) is 12.4. The first-order chi connectivity index (χ1) is 24.5. The van der Waals surface area contributed by atoms with Crippen LogP contribution in [0, 0.1) is 0 Å². The maximum absolute atomic E-state index is 12.6. The molecule has 0 amide bonds. The second kappa shape index (κ2) is 38.6. The standard InChI is InChI=1S/C44H72O6/c1-4-7-10-13-16-19-21-23-25-28-31-34-37-43(46)49-40-41(39-48-42(45)36-33-30-27-24-18-15-12-9-6-3)50-44(47)38-35-32-29-26-22-20-17-14-11-8-5-2/h7-8,10-11,16-17,19-20,24,26-27,29,41H,4-6,9,12-15,18,21-23,25,28,30-40H2,1-3H3/b10-7-,11-8-,19-16-,20-17-,27-24-,29-26-. The monoisotopic (exact) mass is 697 g/mol. The van der Waals surface area contributed by atoms with E-state index in [-0.39, 0.29) is 37.5 Å². The van der Waals surface area contributed by atoms with Gasteiger partial charge in [-0.2, -0.15) is 0 Å². The lowest BCUT2D eigenvalue weighted by Gasteiger charge is -2.18. The second-order valence-corrected chi connectivity index (χ2v) is 12.8. The van der Waals surface area contributed by atoms with Gasteiger partial charge in [0.1, 0.15) is 13.2 Å². The van der Waals surface area contributed by atoms with E-state index in [1.807, 2.05) is 0 Å². The Morgan fingerprint density at radius 2 is 0.800 bits per heavy atom. The number of unbranched alkanes of at least 4 members (excludes halogenated alkanes) is 11.